The molecule has 0 aromatic heterocycles. The number of esters is 1. The van der Waals surface area contributed by atoms with E-state index in [0.717, 1.165) is 5.92 Å². The van der Waals surface area contributed by atoms with E-state index >= 15 is 0 Å². The Morgan fingerprint density at radius 3 is 2.50 bits per heavy atom. The maximum absolute atomic E-state index is 11.7. The molecule has 0 aliphatic carbocycles. The summed E-state index contributed by atoms with van der Waals surface area (Å²) in [6.45, 7) is 8.58. The summed E-state index contributed by atoms with van der Waals surface area (Å²) in [5, 5.41) is 3.58. The van der Waals surface area contributed by atoms with Crippen molar-refractivity contribution >= 4 is 17.7 Å². The van der Waals surface area contributed by atoms with Crippen LogP contribution in [0.5, 0.6) is 0 Å². The van der Waals surface area contributed by atoms with E-state index in [1.165, 1.54) is 24.3 Å². The summed E-state index contributed by atoms with van der Waals surface area (Å²) in [5.74, 6) is 3.13. The van der Waals surface area contributed by atoms with E-state index in [1.54, 1.807) is 0 Å². The van der Waals surface area contributed by atoms with Crippen LogP contribution >= 0.6 is 11.8 Å². The van der Waals surface area contributed by atoms with Gasteiger partial charge in [0.25, 0.3) is 0 Å². The van der Waals surface area contributed by atoms with Gasteiger partial charge in [-0.25, -0.2) is 0 Å². The Labute approximate surface area is 115 Å². The summed E-state index contributed by atoms with van der Waals surface area (Å²) in [6, 6.07) is 0.659. The molecule has 0 radical (unpaired) electrons. The molecule has 0 spiro atoms. The van der Waals surface area contributed by atoms with Crippen LogP contribution in [0.4, 0.5) is 0 Å². The fourth-order valence-corrected chi connectivity index (χ4v) is 3.53. The van der Waals surface area contributed by atoms with Gasteiger partial charge in [0.1, 0.15) is 0 Å². The minimum Gasteiger partial charge on any atom is -0.466 e. The predicted molar refractivity (Wildman–Crippen MR) is 77.9 cm³/mol. The average Bonchev–Trinajstić information content (AvgIpc) is 2.39. The molecule has 0 bridgehead atoms. The van der Waals surface area contributed by atoms with Crippen LogP contribution in [-0.4, -0.2) is 36.2 Å². The molecule has 1 fully saturated rings. The van der Waals surface area contributed by atoms with Crippen LogP contribution in [0.25, 0.3) is 0 Å². The van der Waals surface area contributed by atoms with E-state index in [-0.39, 0.29) is 17.9 Å². The highest BCUT2D eigenvalue weighted by Gasteiger charge is 2.26. The lowest BCUT2D eigenvalue weighted by atomic mass is 9.93. The lowest BCUT2D eigenvalue weighted by molar-refractivity contribution is -0.148. The zero-order valence-corrected chi connectivity index (χ0v) is 12.9. The Bertz CT molecular complexity index is 254. The van der Waals surface area contributed by atoms with E-state index in [9.17, 15) is 4.79 Å². The second-order valence-electron chi connectivity index (χ2n) is 5.23. The van der Waals surface area contributed by atoms with Gasteiger partial charge >= 0.3 is 5.97 Å². The van der Waals surface area contributed by atoms with Crippen LogP contribution in [0.2, 0.25) is 0 Å². The number of carbonyl (C=O) groups excluding carboxylic acids is 1. The molecule has 18 heavy (non-hydrogen) atoms. The fraction of sp³-hybridized carbons (Fsp3) is 0.929. The number of thioether (sulfide) groups is 1. The quantitative estimate of drug-likeness (QED) is 0.755. The Balaban J connectivity index is 2.37. The number of ether oxygens (including phenoxy) is 1. The molecule has 3 atom stereocenters. The first-order chi connectivity index (χ1) is 8.56. The minimum atomic E-state index is -0.0936. The van der Waals surface area contributed by atoms with Gasteiger partial charge in [0.2, 0.25) is 0 Å². The molecule has 0 unspecified atom stereocenters. The average molecular weight is 273 g/mol. The maximum atomic E-state index is 11.7. The third-order valence-electron chi connectivity index (χ3n) is 3.91. The number of carbonyl (C=O) groups is 1. The number of hydrogen-bond donors (Lipinski definition) is 1. The van der Waals surface area contributed by atoms with Gasteiger partial charge in [0, 0.05) is 12.1 Å². The van der Waals surface area contributed by atoms with Crippen LogP contribution in [0.15, 0.2) is 0 Å². The van der Waals surface area contributed by atoms with E-state index in [0.29, 0.717) is 12.6 Å². The van der Waals surface area contributed by atoms with Gasteiger partial charge < -0.3 is 10.1 Å². The molecule has 0 amide bonds. The molecule has 106 valence electrons. The topological polar surface area (TPSA) is 38.3 Å². The van der Waals surface area contributed by atoms with Crippen molar-refractivity contribution in [1.29, 1.82) is 0 Å². The van der Waals surface area contributed by atoms with E-state index in [4.69, 9.17) is 4.74 Å². The Morgan fingerprint density at radius 1 is 1.33 bits per heavy atom. The van der Waals surface area contributed by atoms with Crippen molar-refractivity contribution < 1.29 is 9.53 Å². The van der Waals surface area contributed by atoms with Crippen LogP contribution in [0.3, 0.4) is 0 Å². The second-order valence-corrected chi connectivity index (χ2v) is 6.46. The van der Waals surface area contributed by atoms with Crippen molar-refractivity contribution in [2.45, 2.75) is 52.6 Å². The molecule has 1 aliphatic heterocycles. The summed E-state index contributed by atoms with van der Waals surface area (Å²) >= 11 is 2.05. The molecular weight excluding hydrogens is 246 g/mol. The van der Waals surface area contributed by atoms with Gasteiger partial charge in [0.05, 0.1) is 12.5 Å². The van der Waals surface area contributed by atoms with Crippen molar-refractivity contribution in [2.75, 3.05) is 18.1 Å². The van der Waals surface area contributed by atoms with Gasteiger partial charge in [0.15, 0.2) is 0 Å². The monoisotopic (exact) mass is 273 g/mol. The molecule has 1 N–H and O–H groups in total. The Hall–Kier alpha value is -0.220. The van der Waals surface area contributed by atoms with Crippen molar-refractivity contribution in [3.63, 3.8) is 0 Å². The SMILES string of the molecule is CCOC(=O)[C@H](C)[C@@H](C)N[C@H](C)C1CCSCC1. The van der Waals surface area contributed by atoms with Gasteiger partial charge in [-0.2, -0.15) is 11.8 Å². The molecule has 1 aliphatic rings. The van der Waals surface area contributed by atoms with Gasteiger partial charge in [-0.05, 0) is 51.0 Å². The first-order valence-corrected chi connectivity index (χ1v) is 8.22. The number of rotatable bonds is 6. The molecule has 0 saturated carbocycles. The molecule has 1 saturated heterocycles. The molecule has 1 heterocycles. The Kier molecular flexibility index (Phi) is 7.08. The lowest BCUT2D eigenvalue weighted by Crippen LogP contribution is -2.45. The standard InChI is InChI=1S/C14H27NO2S/c1-5-17-14(16)10(2)11(3)15-12(4)13-6-8-18-9-7-13/h10-13,15H,5-9H2,1-4H3/t10-,11-,12-/m1/s1. The summed E-state index contributed by atoms with van der Waals surface area (Å²) in [7, 11) is 0. The number of nitrogens with one attached hydrogen (secondary N) is 1. The lowest BCUT2D eigenvalue weighted by Gasteiger charge is -2.31. The van der Waals surface area contributed by atoms with E-state index in [2.05, 4.69) is 30.9 Å². The largest absolute Gasteiger partial charge is 0.466 e. The first kappa shape index (κ1) is 15.8. The summed E-state index contributed by atoms with van der Waals surface area (Å²) in [4.78, 5) is 11.7. The number of hydrogen-bond acceptors (Lipinski definition) is 4. The molecule has 3 nitrogen and oxygen atoms in total. The van der Waals surface area contributed by atoms with Crippen molar-refractivity contribution in [1.82, 2.24) is 5.32 Å². The maximum Gasteiger partial charge on any atom is 0.310 e. The van der Waals surface area contributed by atoms with Crippen molar-refractivity contribution in [3.8, 4) is 0 Å². The molecule has 0 aromatic carbocycles. The van der Waals surface area contributed by atoms with Crippen LogP contribution in [0.1, 0.15) is 40.5 Å². The van der Waals surface area contributed by atoms with E-state index in [1.807, 2.05) is 13.8 Å². The van der Waals surface area contributed by atoms with Crippen LogP contribution in [0, 0.1) is 11.8 Å². The van der Waals surface area contributed by atoms with E-state index < -0.39 is 0 Å². The normalized spacial score (nSPS) is 22.2. The van der Waals surface area contributed by atoms with Gasteiger partial charge in [-0.3, -0.25) is 4.79 Å². The van der Waals surface area contributed by atoms with Crippen molar-refractivity contribution in [2.24, 2.45) is 11.8 Å². The summed E-state index contributed by atoms with van der Waals surface area (Å²) in [5.41, 5.74) is 0. The minimum absolute atomic E-state index is 0.0784. The van der Waals surface area contributed by atoms with Gasteiger partial charge in [-0.1, -0.05) is 6.92 Å². The second kappa shape index (κ2) is 8.05. The highest BCUT2D eigenvalue weighted by atomic mass is 32.2. The molecule has 4 heteroatoms. The van der Waals surface area contributed by atoms with Crippen LogP contribution < -0.4 is 5.32 Å². The highest BCUT2D eigenvalue weighted by Crippen LogP contribution is 2.25. The highest BCUT2D eigenvalue weighted by molar-refractivity contribution is 7.99. The zero-order valence-electron chi connectivity index (χ0n) is 12.1. The third-order valence-corrected chi connectivity index (χ3v) is 4.96. The molecule has 0 aromatic rings. The zero-order chi connectivity index (χ0) is 13.5. The molecule has 1 rings (SSSR count). The first-order valence-electron chi connectivity index (χ1n) is 7.06. The smallest absolute Gasteiger partial charge is 0.310 e. The third kappa shape index (κ3) is 4.81. The van der Waals surface area contributed by atoms with Crippen LogP contribution in [-0.2, 0) is 9.53 Å². The Morgan fingerprint density at radius 2 is 1.94 bits per heavy atom. The molecular formula is C14H27NO2S. The summed E-state index contributed by atoms with van der Waals surface area (Å²) in [6.07, 6.45) is 2.58. The van der Waals surface area contributed by atoms with Gasteiger partial charge in [-0.15, -0.1) is 0 Å². The summed E-state index contributed by atoms with van der Waals surface area (Å²) < 4.78 is 5.07. The predicted octanol–water partition coefficient (Wildman–Crippen LogP) is 2.70. The fourth-order valence-electron chi connectivity index (χ4n) is 2.39. The van der Waals surface area contributed by atoms with Crippen molar-refractivity contribution in [3.05, 3.63) is 0 Å².